The maximum absolute atomic E-state index is 12.5. The van der Waals surface area contributed by atoms with E-state index in [0.717, 1.165) is 17.1 Å². The van der Waals surface area contributed by atoms with Crippen LogP contribution >= 0.6 is 11.8 Å². The number of hydrogen-bond acceptors (Lipinski definition) is 5. The van der Waals surface area contributed by atoms with Gasteiger partial charge in [-0.05, 0) is 31.2 Å². The first kappa shape index (κ1) is 20.7. The zero-order valence-corrected chi connectivity index (χ0v) is 18.1. The van der Waals surface area contributed by atoms with E-state index in [2.05, 4.69) is 15.5 Å². The number of ether oxygens (including phenoxy) is 1. The molecule has 1 heterocycles. The Morgan fingerprint density at radius 2 is 1.77 bits per heavy atom. The van der Waals surface area contributed by atoms with Crippen LogP contribution in [-0.2, 0) is 4.79 Å². The van der Waals surface area contributed by atoms with E-state index in [1.807, 2.05) is 84.3 Å². The van der Waals surface area contributed by atoms with Crippen LogP contribution in [-0.4, -0.2) is 33.5 Å². The van der Waals surface area contributed by atoms with Gasteiger partial charge in [-0.3, -0.25) is 9.36 Å². The van der Waals surface area contributed by atoms with Gasteiger partial charge in [0.15, 0.2) is 11.0 Å². The van der Waals surface area contributed by atoms with E-state index in [0.29, 0.717) is 16.6 Å². The lowest BCUT2D eigenvalue weighted by atomic mass is 10.1. The highest BCUT2D eigenvalue weighted by atomic mass is 32.2. The molecule has 156 valence electrons. The number of carbonyl (C=O) groups excluding carboxylic acids is 1. The highest BCUT2D eigenvalue weighted by Crippen LogP contribution is 2.28. The van der Waals surface area contributed by atoms with Crippen LogP contribution in [0.1, 0.15) is 5.56 Å². The molecule has 0 atom stereocenters. The first-order valence-electron chi connectivity index (χ1n) is 9.78. The van der Waals surface area contributed by atoms with Gasteiger partial charge in [-0.25, -0.2) is 0 Å². The summed E-state index contributed by atoms with van der Waals surface area (Å²) in [6.07, 6.45) is 0. The summed E-state index contributed by atoms with van der Waals surface area (Å²) >= 11 is 1.34. The highest BCUT2D eigenvalue weighted by molar-refractivity contribution is 7.99. The van der Waals surface area contributed by atoms with E-state index in [9.17, 15) is 4.79 Å². The molecule has 0 saturated carbocycles. The van der Waals surface area contributed by atoms with Crippen molar-refractivity contribution in [1.82, 2.24) is 14.8 Å². The van der Waals surface area contributed by atoms with E-state index in [-0.39, 0.29) is 11.7 Å². The molecule has 6 nitrogen and oxygen atoms in total. The molecule has 0 fully saturated rings. The van der Waals surface area contributed by atoms with Gasteiger partial charge in [-0.15, -0.1) is 10.2 Å². The first-order chi connectivity index (χ1) is 15.1. The zero-order chi connectivity index (χ0) is 21.6. The van der Waals surface area contributed by atoms with Gasteiger partial charge in [-0.2, -0.15) is 0 Å². The number of aromatic nitrogens is 3. The predicted molar refractivity (Wildman–Crippen MR) is 124 cm³/mol. The number of nitrogens with one attached hydrogen (secondary N) is 1. The molecule has 0 aliphatic heterocycles. The van der Waals surface area contributed by atoms with E-state index in [1.165, 1.54) is 17.3 Å². The summed E-state index contributed by atoms with van der Waals surface area (Å²) in [6, 6.07) is 25.3. The molecule has 7 heteroatoms. The third-order valence-corrected chi connectivity index (χ3v) is 5.57. The lowest BCUT2D eigenvalue weighted by Crippen LogP contribution is -2.14. The molecular weight excluding hydrogens is 408 g/mol. The minimum atomic E-state index is -0.127. The molecule has 31 heavy (non-hydrogen) atoms. The maximum atomic E-state index is 12.5. The van der Waals surface area contributed by atoms with Gasteiger partial charge in [0.05, 0.1) is 12.9 Å². The second-order valence-corrected chi connectivity index (χ2v) is 7.85. The monoisotopic (exact) mass is 430 g/mol. The van der Waals surface area contributed by atoms with E-state index in [1.54, 1.807) is 13.2 Å². The first-order valence-corrected chi connectivity index (χ1v) is 10.8. The molecule has 0 saturated heterocycles. The van der Waals surface area contributed by atoms with Crippen LogP contribution in [0.5, 0.6) is 5.75 Å². The molecule has 1 aromatic heterocycles. The number of hydrogen-bond donors (Lipinski definition) is 1. The van der Waals surface area contributed by atoms with Crippen LogP contribution in [0.25, 0.3) is 17.1 Å². The summed E-state index contributed by atoms with van der Waals surface area (Å²) in [6.45, 7) is 2.05. The molecule has 0 bridgehead atoms. The SMILES string of the molecule is COc1cccc(NC(=O)CSc2nnc(-c3ccc(C)cc3)n2-c2ccccc2)c1. The largest absolute Gasteiger partial charge is 0.497 e. The lowest BCUT2D eigenvalue weighted by Gasteiger charge is -2.11. The fourth-order valence-corrected chi connectivity index (χ4v) is 3.84. The average molecular weight is 431 g/mol. The van der Waals surface area contributed by atoms with Crippen LogP contribution < -0.4 is 10.1 Å². The number of rotatable bonds is 7. The second kappa shape index (κ2) is 9.49. The molecule has 0 aliphatic carbocycles. The number of aryl methyl sites for hydroxylation is 1. The quantitative estimate of drug-likeness (QED) is 0.419. The van der Waals surface area contributed by atoms with E-state index >= 15 is 0 Å². The van der Waals surface area contributed by atoms with Crippen LogP contribution in [0.3, 0.4) is 0 Å². The zero-order valence-electron chi connectivity index (χ0n) is 17.3. The molecule has 0 radical (unpaired) electrons. The van der Waals surface area contributed by atoms with Gasteiger partial charge >= 0.3 is 0 Å². The predicted octanol–water partition coefficient (Wildman–Crippen LogP) is 4.98. The summed E-state index contributed by atoms with van der Waals surface area (Å²) in [5.41, 5.74) is 3.78. The fourth-order valence-electron chi connectivity index (χ4n) is 3.09. The van der Waals surface area contributed by atoms with Gasteiger partial charge in [0.25, 0.3) is 0 Å². The maximum Gasteiger partial charge on any atom is 0.234 e. The Morgan fingerprint density at radius 1 is 1.00 bits per heavy atom. The molecule has 1 amide bonds. The summed E-state index contributed by atoms with van der Waals surface area (Å²) in [4.78, 5) is 12.5. The van der Waals surface area contributed by atoms with E-state index in [4.69, 9.17) is 4.74 Å². The average Bonchev–Trinajstić information content (AvgIpc) is 3.23. The Balaban J connectivity index is 1.56. The fraction of sp³-hybridized carbons (Fsp3) is 0.125. The number of anilines is 1. The summed E-state index contributed by atoms with van der Waals surface area (Å²) in [5.74, 6) is 1.51. The molecular formula is C24H22N4O2S. The van der Waals surface area contributed by atoms with Gasteiger partial charge in [0.1, 0.15) is 5.75 Å². The second-order valence-electron chi connectivity index (χ2n) is 6.91. The molecule has 1 N–H and O–H groups in total. The van der Waals surface area contributed by atoms with E-state index < -0.39 is 0 Å². The number of carbonyl (C=O) groups is 1. The number of nitrogens with zero attached hydrogens (tertiary/aromatic N) is 3. The van der Waals surface area contributed by atoms with Crippen molar-refractivity contribution < 1.29 is 9.53 Å². The number of thioether (sulfide) groups is 1. The lowest BCUT2D eigenvalue weighted by molar-refractivity contribution is -0.113. The number of benzene rings is 3. The van der Waals surface area contributed by atoms with Crippen molar-refractivity contribution in [2.75, 3.05) is 18.2 Å². The molecule has 4 rings (SSSR count). The van der Waals surface area contributed by atoms with Crippen LogP contribution in [0.15, 0.2) is 84.0 Å². The molecule has 3 aromatic carbocycles. The Labute approximate surface area is 185 Å². The Bertz CT molecular complexity index is 1170. The molecule has 0 aliphatic rings. The number of amides is 1. The Hall–Kier alpha value is -3.58. The Morgan fingerprint density at radius 3 is 2.52 bits per heavy atom. The van der Waals surface area contributed by atoms with Crippen molar-refractivity contribution in [3.05, 3.63) is 84.4 Å². The smallest absolute Gasteiger partial charge is 0.234 e. The topological polar surface area (TPSA) is 69.0 Å². The van der Waals surface area contributed by atoms with Crippen LogP contribution in [0.2, 0.25) is 0 Å². The van der Waals surface area contributed by atoms with Crippen molar-refractivity contribution >= 4 is 23.4 Å². The van der Waals surface area contributed by atoms with Crippen LogP contribution in [0.4, 0.5) is 5.69 Å². The third-order valence-electron chi connectivity index (χ3n) is 4.64. The summed E-state index contributed by atoms with van der Waals surface area (Å²) < 4.78 is 7.18. The van der Waals surface area contributed by atoms with Gasteiger partial charge < -0.3 is 10.1 Å². The molecule has 4 aromatic rings. The van der Waals surface area contributed by atoms with Crippen LogP contribution in [0, 0.1) is 6.92 Å². The highest BCUT2D eigenvalue weighted by Gasteiger charge is 2.17. The minimum absolute atomic E-state index is 0.127. The summed E-state index contributed by atoms with van der Waals surface area (Å²) in [7, 11) is 1.60. The van der Waals surface area contributed by atoms with Gasteiger partial charge in [0, 0.05) is 23.0 Å². The molecule has 0 unspecified atom stereocenters. The normalized spacial score (nSPS) is 10.6. The Kier molecular flexibility index (Phi) is 6.33. The minimum Gasteiger partial charge on any atom is -0.497 e. The van der Waals surface area contributed by atoms with Crippen molar-refractivity contribution in [1.29, 1.82) is 0 Å². The standard InChI is InChI=1S/C24H22N4O2S/c1-17-11-13-18(14-12-17)23-26-27-24(28(23)20-8-4-3-5-9-20)31-16-22(29)25-19-7-6-10-21(15-19)30-2/h3-15H,16H2,1-2H3,(H,25,29). The summed E-state index contributed by atoms with van der Waals surface area (Å²) in [5, 5.41) is 12.3. The van der Waals surface area contributed by atoms with Crippen molar-refractivity contribution in [3.63, 3.8) is 0 Å². The van der Waals surface area contributed by atoms with Crippen molar-refractivity contribution in [3.8, 4) is 22.8 Å². The van der Waals surface area contributed by atoms with Gasteiger partial charge in [0.2, 0.25) is 5.91 Å². The number of para-hydroxylation sites is 1. The van der Waals surface area contributed by atoms with Gasteiger partial charge in [-0.1, -0.05) is 65.9 Å². The third kappa shape index (κ3) is 4.95. The van der Waals surface area contributed by atoms with Crippen molar-refractivity contribution in [2.45, 2.75) is 12.1 Å². The number of methoxy groups -OCH3 is 1. The molecule has 0 spiro atoms. The van der Waals surface area contributed by atoms with Crippen molar-refractivity contribution in [2.24, 2.45) is 0 Å².